The van der Waals surface area contributed by atoms with Crippen LogP contribution in [0.5, 0.6) is 11.8 Å². The molecule has 59 heavy (non-hydrogen) atoms. The van der Waals surface area contributed by atoms with Crippen molar-refractivity contribution in [3.8, 4) is 45.9 Å². The van der Waals surface area contributed by atoms with Crippen molar-refractivity contribution in [3.63, 3.8) is 0 Å². The topological polar surface area (TPSA) is 64.6 Å². The Morgan fingerprint density at radius 3 is 1.20 bits per heavy atom. The number of rotatable bonds is 6. The number of para-hydroxylation sites is 4. The molecule has 4 aromatic heterocycles. The fourth-order valence-electron chi connectivity index (χ4n) is 8.28. The Hall–Kier alpha value is -7.78. The van der Waals surface area contributed by atoms with E-state index in [1.165, 1.54) is 0 Å². The van der Waals surface area contributed by atoms with Crippen molar-refractivity contribution in [2.45, 2.75) is 0 Å². The van der Waals surface area contributed by atoms with Gasteiger partial charge in [0.2, 0.25) is 23.7 Å². The molecule has 0 N–H and O–H groups in total. The van der Waals surface area contributed by atoms with Crippen LogP contribution in [0.2, 0.25) is 0 Å². The third kappa shape index (κ3) is 6.11. The first-order valence-electron chi connectivity index (χ1n) is 19.6. The fraction of sp³-hybridized carbons (Fsp3) is 0.0800. The Morgan fingerprint density at radius 2 is 0.797 bits per heavy atom. The zero-order chi connectivity index (χ0) is 40.0. The van der Waals surface area contributed by atoms with Crippen molar-refractivity contribution in [2.24, 2.45) is 28.2 Å². The molecule has 0 fully saturated rings. The Labute approximate surface area is 341 Å². The van der Waals surface area contributed by atoms with Gasteiger partial charge in [-0.2, -0.15) is 0 Å². The number of ether oxygens (including phenoxy) is 1. The molecule has 0 radical (unpaired) electrons. The summed E-state index contributed by atoms with van der Waals surface area (Å²) in [5.74, 6) is 2.65. The van der Waals surface area contributed by atoms with Crippen molar-refractivity contribution < 1.29 is 4.74 Å². The molecule has 0 bridgehead atoms. The molecule has 0 amide bonds. The van der Waals surface area contributed by atoms with Gasteiger partial charge in [-0.15, -0.1) is 0 Å². The fourth-order valence-corrected chi connectivity index (χ4v) is 8.28. The molecule has 0 saturated heterocycles. The van der Waals surface area contributed by atoms with E-state index in [-0.39, 0.29) is 0 Å². The van der Waals surface area contributed by atoms with Crippen molar-refractivity contribution in [1.82, 2.24) is 37.4 Å². The summed E-state index contributed by atoms with van der Waals surface area (Å²) in [6.45, 7) is 0. The molecule has 10 aromatic rings. The minimum Gasteiger partial charge on any atom is -0.421 e. The van der Waals surface area contributed by atoms with Gasteiger partial charge in [0.15, 0.2) is 0 Å². The van der Waals surface area contributed by atoms with Gasteiger partial charge in [0.25, 0.3) is 0 Å². The molecule has 6 aromatic carbocycles. The third-order valence-electron chi connectivity index (χ3n) is 11.2. The summed E-state index contributed by atoms with van der Waals surface area (Å²) < 4.78 is 20.1. The lowest BCUT2D eigenvalue weighted by molar-refractivity contribution is 0.404. The second-order valence-electron chi connectivity index (χ2n) is 14.7. The van der Waals surface area contributed by atoms with Gasteiger partial charge >= 0.3 is 0 Å². The normalized spacial score (nSPS) is 11.4. The van der Waals surface area contributed by atoms with Crippen LogP contribution in [0.15, 0.2) is 183 Å². The number of imidazole rings is 2. The SMILES string of the molecule is Cn1ccnc1-n1cc(Oc2cn(-c3nccn3C)c3c(-c4ccccc4)cccc3c3ccccc3n2C)n(C)c2ccccc2c2cccc(-c3ccccc3)c21. The number of aryl methyl sites for hydroxylation is 4. The first kappa shape index (κ1) is 35.6. The van der Waals surface area contributed by atoms with Crippen LogP contribution in [0.3, 0.4) is 0 Å². The highest BCUT2D eigenvalue weighted by atomic mass is 16.5. The molecule has 288 valence electrons. The molecule has 9 nitrogen and oxygen atoms in total. The summed E-state index contributed by atoms with van der Waals surface area (Å²) in [6.07, 6.45) is 11.7. The Morgan fingerprint density at radius 1 is 0.407 bits per heavy atom. The van der Waals surface area contributed by atoms with Crippen LogP contribution >= 0.6 is 0 Å². The maximum Gasteiger partial charge on any atom is 0.219 e. The van der Waals surface area contributed by atoms with E-state index >= 15 is 0 Å². The van der Waals surface area contributed by atoms with E-state index in [0.29, 0.717) is 11.8 Å². The first-order valence-corrected chi connectivity index (χ1v) is 19.6. The van der Waals surface area contributed by atoms with Gasteiger partial charge < -0.3 is 23.0 Å². The van der Waals surface area contributed by atoms with E-state index in [9.17, 15) is 0 Å². The second kappa shape index (κ2) is 14.6. The van der Waals surface area contributed by atoms with Crippen molar-refractivity contribution in [2.75, 3.05) is 0 Å². The summed E-state index contributed by atoms with van der Waals surface area (Å²) in [7, 11) is 8.16. The zero-order valence-electron chi connectivity index (χ0n) is 33.3. The van der Waals surface area contributed by atoms with Gasteiger partial charge in [0.1, 0.15) is 0 Å². The predicted molar refractivity (Wildman–Crippen MR) is 239 cm³/mol. The quantitative estimate of drug-likeness (QED) is 0.169. The van der Waals surface area contributed by atoms with E-state index in [1.807, 2.05) is 48.0 Å². The highest BCUT2D eigenvalue weighted by molar-refractivity contribution is 6.09. The Kier molecular flexibility index (Phi) is 8.83. The lowest BCUT2D eigenvalue weighted by atomic mass is 10.00. The average Bonchev–Trinajstić information content (AvgIpc) is 3.92. The molecule has 0 atom stereocenters. The lowest BCUT2D eigenvalue weighted by Crippen LogP contribution is -2.11. The monoisotopic (exact) mass is 770 g/mol. The number of hydrogen-bond donors (Lipinski definition) is 0. The minimum atomic E-state index is 0.585. The van der Waals surface area contributed by atoms with Crippen LogP contribution in [-0.4, -0.2) is 37.4 Å². The molecular formula is C50H42N8O. The van der Waals surface area contributed by atoms with Crippen LogP contribution in [0.25, 0.3) is 77.8 Å². The lowest BCUT2D eigenvalue weighted by Gasteiger charge is -2.21. The highest BCUT2D eigenvalue weighted by Gasteiger charge is 2.19. The van der Waals surface area contributed by atoms with E-state index in [2.05, 4.69) is 190 Å². The summed E-state index contributed by atoms with van der Waals surface area (Å²) in [5, 5.41) is 4.29. The summed E-state index contributed by atoms with van der Waals surface area (Å²) in [6, 6.07) is 51.1. The molecule has 4 heterocycles. The van der Waals surface area contributed by atoms with Crippen LogP contribution < -0.4 is 4.74 Å². The van der Waals surface area contributed by atoms with Gasteiger partial charge in [0, 0.05) is 85.6 Å². The average molecular weight is 771 g/mol. The molecule has 10 rings (SSSR count). The number of fused-ring (bicyclic) bond motifs is 6. The minimum absolute atomic E-state index is 0.585. The van der Waals surface area contributed by atoms with Gasteiger partial charge in [-0.25, -0.2) is 9.97 Å². The summed E-state index contributed by atoms with van der Waals surface area (Å²) in [4.78, 5) is 9.85. The molecular weight excluding hydrogens is 729 g/mol. The van der Waals surface area contributed by atoms with E-state index < -0.39 is 0 Å². The van der Waals surface area contributed by atoms with Crippen molar-refractivity contribution >= 4 is 43.6 Å². The van der Waals surface area contributed by atoms with E-state index in [0.717, 1.165) is 77.8 Å². The van der Waals surface area contributed by atoms with Gasteiger partial charge in [-0.05, 0) is 23.3 Å². The van der Waals surface area contributed by atoms with Gasteiger partial charge in [0.05, 0.1) is 34.5 Å². The molecule has 0 saturated carbocycles. The van der Waals surface area contributed by atoms with Gasteiger partial charge in [-0.1, -0.05) is 133 Å². The number of benzene rings is 6. The van der Waals surface area contributed by atoms with Crippen LogP contribution in [-0.2, 0) is 28.2 Å². The van der Waals surface area contributed by atoms with Crippen molar-refractivity contribution in [3.05, 3.63) is 183 Å². The largest absolute Gasteiger partial charge is 0.421 e. The molecule has 0 spiro atoms. The maximum atomic E-state index is 7.42. The van der Waals surface area contributed by atoms with Crippen LogP contribution in [0.4, 0.5) is 0 Å². The summed E-state index contributed by atoms with van der Waals surface area (Å²) in [5.41, 5.74) is 8.33. The number of aromatic nitrogens is 8. The first-order chi connectivity index (χ1) is 29.0. The second-order valence-corrected chi connectivity index (χ2v) is 14.7. The summed E-state index contributed by atoms with van der Waals surface area (Å²) >= 11 is 0. The number of nitrogens with zero attached hydrogens (tertiary/aromatic N) is 8. The number of hydrogen-bond acceptors (Lipinski definition) is 3. The maximum absolute atomic E-state index is 7.42. The van der Waals surface area contributed by atoms with E-state index in [1.54, 1.807) is 0 Å². The van der Waals surface area contributed by atoms with Gasteiger partial charge in [-0.3, -0.25) is 9.13 Å². The highest BCUT2D eigenvalue weighted by Crippen LogP contribution is 2.37. The third-order valence-corrected chi connectivity index (χ3v) is 11.2. The molecule has 0 aliphatic carbocycles. The van der Waals surface area contributed by atoms with Crippen LogP contribution in [0.1, 0.15) is 0 Å². The Balaban J connectivity index is 1.37. The molecule has 0 aliphatic rings. The van der Waals surface area contributed by atoms with E-state index in [4.69, 9.17) is 14.7 Å². The molecule has 0 unspecified atom stereocenters. The predicted octanol–water partition coefficient (Wildman–Crippen LogP) is 11.4. The van der Waals surface area contributed by atoms with Crippen LogP contribution in [0, 0.1) is 0 Å². The molecule has 9 heteroatoms. The Bertz CT molecular complexity index is 3080. The molecule has 0 aliphatic heterocycles. The van der Waals surface area contributed by atoms with Crippen molar-refractivity contribution in [1.29, 1.82) is 0 Å². The zero-order valence-corrected chi connectivity index (χ0v) is 33.3. The smallest absolute Gasteiger partial charge is 0.219 e. The standard InChI is InChI=1S/C50H42N8O/c1-53-31-29-51-49(53)57-33-45(55(3)43-27-13-11-21-39(43)41-25-15-23-37(47(41)57)35-17-7-5-8-18-35)59-46-34-58(50-52-30-32-54(50)2)48-38(36-19-9-6-10-20-36)24-16-26-42(48)40-22-12-14-28-44(40)56(46)4/h5-34H,1-4H3.